The van der Waals surface area contributed by atoms with Gasteiger partial charge in [0, 0.05) is 18.2 Å². The Morgan fingerprint density at radius 3 is 1.66 bits per heavy atom. The Hall–Kier alpha value is -4.12. The smallest absolute Gasteiger partial charge is 0.151 e. The van der Waals surface area contributed by atoms with Gasteiger partial charge >= 0.3 is 0 Å². The molecule has 0 bridgehead atoms. The van der Waals surface area contributed by atoms with Crippen molar-refractivity contribution in [2.75, 3.05) is 4.90 Å². The van der Waals surface area contributed by atoms with Crippen molar-refractivity contribution in [1.29, 1.82) is 0 Å². The van der Waals surface area contributed by atoms with Gasteiger partial charge in [0.15, 0.2) is 5.75 Å². The minimum atomic E-state index is 0.135. The zero-order chi connectivity index (χ0) is 25.4. The lowest BCUT2D eigenvalue weighted by atomic mass is 10.0. The molecule has 0 aliphatic rings. The molecule has 0 spiro atoms. The minimum Gasteiger partial charge on any atom is -0.508 e. The van der Waals surface area contributed by atoms with E-state index in [-0.39, 0.29) is 17.2 Å². The highest BCUT2D eigenvalue weighted by atomic mass is 16.5. The molecule has 4 aromatic carbocycles. The Labute approximate surface area is 206 Å². The number of phenolic OH excluding ortho intramolecular Hbond substituents is 3. The largest absolute Gasteiger partial charge is 0.508 e. The summed E-state index contributed by atoms with van der Waals surface area (Å²) < 4.78 is 6.39. The van der Waals surface area contributed by atoms with E-state index in [9.17, 15) is 15.3 Å². The number of rotatable bonds is 5. The second-order valence-corrected chi connectivity index (χ2v) is 9.14. The Morgan fingerprint density at radius 1 is 0.543 bits per heavy atom. The first kappa shape index (κ1) is 24.0. The molecule has 0 atom stereocenters. The highest BCUT2D eigenvalue weighted by Crippen LogP contribution is 2.46. The molecule has 0 amide bonds. The van der Waals surface area contributed by atoms with Gasteiger partial charge in [-0.15, -0.1) is 0 Å². The maximum absolute atomic E-state index is 10.6. The molecule has 0 aromatic heterocycles. The van der Waals surface area contributed by atoms with E-state index in [1.165, 1.54) is 0 Å². The SMILES string of the molecule is Cc1cc(C)c(N(c2cc(O)c(C)cc2C)c2ccccc2Oc2cc(O)cc(C)c2C)cc1O. The molecule has 0 fully saturated rings. The molecular weight excluding hydrogens is 438 g/mol. The van der Waals surface area contributed by atoms with E-state index >= 15 is 0 Å². The van der Waals surface area contributed by atoms with Gasteiger partial charge in [0.05, 0.1) is 17.1 Å². The number of hydrogen-bond donors (Lipinski definition) is 3. The molecule has 0 aliphatic carbocycles. The van der Waals surface area contributed by atoms with Crippen LogP contribution in [0.2, 0.25) is 0 Å². The van der Waals surface area contributed by atoms with Crippen LogP contribution in [0.1, 0.15) is 33.4 Å². The van der Waals surface area contributed by atoms with Crippen LogP contribution in [-0.2, 0) is 0 Å². The van der Waals surface area contributed by atoms with Gasteiger partial charge in [0.25, 0.3) is 0 Å². The second kappa shape index (κ2) is 9.26. The molecule has 5 heteroatoms. The molecule has 0 radical (unpaired) electrons. The van der Waals surface area contributed by atoms with Crippen LogP contribution in [0, 0.1) is 41.5 Å². The van der Waals surface area contributed by atoms with Gasteiger partial charge in [-0.2, -0.15) is 0 Å². The van der Waals surface area contributed by atoms with E-state index in [4.69, 9.17) is 4.74 Å². The first-order chi connectivity index (χ1) is 16.6. The second-order valence-electron chi connectivity index (χ2n) is 9.14. The van der Waals surface area contributed by atoms with E-state index in [0.29, 0.717) is 11.5 Å². The van der Waals surface area contributed by atoms with Crippen molar-refractivity contribution in [3.05, 3.63) is 94.0 Å². The van der Waals surface area contributed by atoms with Crippen LogP contribution < -0.4 is 9.64 Å². The van der Waals surface area contributed by atoms with Gasteiger partial charge in [-0.05, 0) is 93.1 Å². The fraction of sp³-hybridized carbons (Fsp3) is 0.200. The molecule has 0 unspecified atom stereocenters. The van der Waals surface area contributed by atoms with Crippen LogP contribution in [0.3, 0.4) is 0 Å². The van der Waals surface area contributed by atoms with E-state index in [1.54, 1.807) is 24.3 Å². The molecular formula is C30H31NO4. The van der Waals surface area contributed by atoms with Gasteiger partial charge < -0.3 is 25.0 Å². The molecule has 4 rings (SSSR count). The highest BCUT2D eigenvalue weighted by molar-refractivity contribution is 5.84. The maximum atomic E-state index is 10.6. The fourth-order valence-corrected chi connectivity index (χ4v) is 4.29. The third-order valence-electron chi connectivity index (χ3n) is 6.44. The van der Waals surface area contributed by atoms with Gasteiger partial charge in [-0.1, -0.05) is 24.3 Å². The van der Waals surface area contributed by atoms with E-state index in [1.807, 2.05) is 82.8 Å². The summed E-state index contributed by atoms with van der Waals surface area (Å²) in [5.41, 5.74) is 7.59. The van der Waals surface area contributed by atoms with Crippen molar-refractivity contribution < 1.29 is 20.1 Å². The van der Waals surface area contributed by atoms with Gasteiger partial charge in [-0.3, -0.25) is 0 Å². The lowest BCUT2D eigenvalue weighted by molar-refractivity contribution is 0.452. The maximum Gasteiger partial charge on any atom is 0.151 e. The summed E-state index contributed by atoms with van der Waals surface area (Å²) >= 11 is 0. The Bertz CT molecular complexity index is 1370. The summed E-state index contributed by atoms with van der Waals surface area (Å²) in [5, 5.41) is 31.4. The van der Waals surface area contributed by atoms with Crippen LogP contribution in [-0.4, -0.2) is 15.3 Å². The van der Waals surface area contributed by atoms with Crippen molar-refractivity contribution in [3.63, 3.8) is 0 Å². The molecule has 0 aliphatic heterocycles. The van der Waals surface area contributed by atoms with Crippen LogP contribution >= 0.6 is 0 Å². The Morgan fingerprint density at radius 2 is 1.09 bits per heavy atom. The topological polar surface area (TPSA) is 73.2 Å². The summed E-state index contributed by atoms with van der Waals surface area (Å²) in [6, 6.07) is 18.3. The lowest BCUT2D eigenvalue weighted by Crippen LogP contribution is -2.14. The van der Waals surface area contributed by atoms with Crippen LogP contribution in [0.25, 0.3) is 0 Å². The van der Waals surface area contributed by atoms with Crippen LogP contribution in [0.15, 0.2) is 60.7 Å². The highest BCUT2D eigenvalue weighted by Gasteiger charge is 2.23. The Balaban J connectivity index is 1.98. The van der Waals surface area contributed by atoms with Crippen molar-refractivity contribution in [2.45, 2.75) is 41.5 Å². The third-order valence-corrected chi connectivity index (χ3v) is 6.44. The molecule has 0 saturated heterocycles. The predicted octanol–water partition coefficient (Wildman–Crippen LogP) is 7.92. The monoisotopic (exact) mass is 469 g/mol. The number of aryl methyl sites for hydroxylation is 5. The minimum absolute atomic E-state index is 0.135. The van der Waals surface area contributed by atoms with Gasteiger partial charge in [-0.25, -0.2) is 0 Å². The molecule has 3 N–H and O–H groups in total. The first-order valence-electron chi connectivity index (χ1n) is 11.5. The number of aromatic hydroxyl groups is 3. The Kier molecular flexibility index (Phi) is 6.35. The van der Waals surface area contributed by atoms with Crippen molar-refractivity contribution in [2.24, 2.45) is 0 Å². The average molecular weight is 470 g/mol. The molecule has 0 heterocycles. The molecule has 4 aromatic rings. The summed E-state index contributed by atoms with van der Waals surface area (Å²) in [4.78, 5) is 1.99. The summed E-state index contributed by atoms with van der Waals surface area (Å²) in [7, 11) is 0. The lowest BCUT2D eigenvalue weighted by Gasteiger charge is -2.30. The first-order valence-corrected chi connectivity index (χ1v) is 11.5. The predicted molar refractivity (Wildman–Crippen MR) is 141 cm³/mol. The van der Waals surface area contributed by atoms with Crippen LogP contribution in [0.4, 0.5) is 17.1 Å². The van der Waals surface area contributed by atoms with E-state index in [2.05, 4.69) is 0 Å². The summed E-state index contributed by atoms with van der Waals surface area (Å²) in [6.45, 7) is 11.6. The average Bonchev–Trinajstić information content (AvgIpc) is 2.79. The van der Waals surface area contributed by atoms with Crippen molar-refractivity contribution in [3.8, 4) is 28.7 Å². The molecule has 35 heavy (non-hydrogen) atoms. The number of nitrogens with zero attached hydrogens (tertiary/aromatic N) is 1. The van der Waals surface area contributed by atoms with Crippen molar-refractivity contribution >= 4 is 17.1 Å². The number of ether oxygens (including phenoxy) is 1. The number of para-hydroxylation sites is 2. The van der Waals surface area contributed by atoms with E-state index in [0.717, 1.165) is 50.4 Å². The summed E-state index contributed by atoms with van der Waals surface area (Å²) in [5.74, 6) is 1.63. The molecule has 180 valence electrons. The number of hydrogen-bond acceptors (Lipinski definition) is 5. The van der Waals surface area contributed by atoms with E-state index < -0.39 is 0 Å². The number of phenols is 3. The van der Waals surface area contributed by atoms with Gasteiger partial charge in [0.2, 0.25) is 0 Å². The molecule has 0 saturated carbocycles. The quantitative estimate of drug-likeness (QED) is 0.277. The zero-order valence-electron chi connectivity index (χ0n) is 21.0. The summed E-state index contributed by atoms with van der Waals surface area (Å²) in [6.07, 6.45) is 0. The molecule has 5 nitrogen and oxygen atoms in total. The van der Waals surface area contributed by atoms with Crippen LogP contribution in [0.5, 0.6) is 28.7 Å². The number of benzene rings is 4. The third kappa shape index (κ3) is 4.62. The standard InChI is InChI=1S/C30H31NO4/c1-17-13-23(32)14-30(22(17)6)35-29-10-8-7-9-24(29)31(25-15-27(33)20(4)11-18(25)2)26-16-28(34)21(5)12-19(26)3/h7-16,32-34H,1-6H3. The number of anilines is 3. The normalized spacial score (nSPS) is 10.9. The van der Waals surface area contributed by atoms with Gasteiger partial charge in [0.1, 0.15) is 23.0 Å². The fourth-order valence-electron chi connectivity index (χ4n) is 4.29. The zero-order valence-corrected chi connectivity index (χ0v) is 21.0. The van der Waals surface area contributed by atoms with Crippen molar-refractivity contribution in [1.82, 2.24) is 0 Å².